The van der Waals surface area contributed by atoms with Crippen molar-refractivity contribution in [2.45, 2.75) is 31.8 Å². The summed E-state index contributed by atoms with van der Waals surface area (Å²) in [5.41, 5.74) is 5.52. The highest BCUT2D eigenvalue weighted by Crippen LogP contribution is 2.34. The summed E-state index contributed by atoms with van der Waals surface area (Å²) in [6.07, 6.45) is 3.21. The summed E-state index contributed by atoms with van der Waals surface area (Å²) in [5, 5.41) is 0. The summed E-state index contributed by atoms with van der Waals surface area (Å²) in [7, 11) is 2.09. The smallest absolute Gasteiger partial charge is 0.237 e. The van der Waals surface area contributed by atoms with Crippen molar-refractivity contribution >= 4 is 5.91 Å². The Morgan fingerprint density at radius 3 is 2.58 bits per heavy atom. The topological polar surface area (TPSA) is 23.6 Å². The Hall–Kier alpha value is -2.13. The highest BCUT2D eigenvalue weighted by Gasteiger charge is 2.28. The van der Waals surface area contributed by atoms with Crippen LogP contribution in [0.5, 0.6) is 0 Å². The van der Waals surface area contributed by atoms with Gasteiger partial charge in [0.25, 0.3) is 0 Å². The van der Waals surface area contributed by atoms with Gasteiger partial charge < -0.3 is 4.90 Å². The molecule has 0 radical (unpaired) electrons. The standard InChI is InChI=1S/C21H24N2O/c1-22(20-11-10-17-7-4-5-9-19(17)20)15-21(24)23-13-12-16-6-2-3-8-18(16)14-23/h2-9,20H,10-15H2,1H3/t20-/m0/s1. The third kappa shape index (κ3) is 2.84. The van der Waals surface area contributed by atoms with Gasteiger partial charge in [-0.1, -0.05) is 48.5 Å². The lowest BCUT2D eigenvalue weighted by Gasteiger charge is -2.32. The zero-order valence-corrected chi connectivity index (χ0v) is 14.2. The summed E-state index contributed by atoms with van der Waals surface area (Å²) >= 11 is 0. The van der Waals surface area contributed by atoms with E-state index in [1.807, 2.05) is 4.90 Å². The van der Waals surface area contributed by atoms with Gasteiger partial charge in [0.05, 0.1) is 6.54 Å². The van der Waals surface area contributed by atoms with E-state index >= 15 is 0 Å². The molecule has 3 nitrogen and oxygen atoms in total. The lowest BCUT2D eigenvalue weighted by Crippen LogP contribution is -2.42. The quantitative estimate of drug-likeness (QED) is 0.867. The number of likely N-dealkylation sites (N-methyl/N-ethyl adjacent to an activating group) is 1. The number of hydrogen-bond acceptors (Lipinski definition) is 2. The van der Waals surface area contributed by atoms with Crippen molar-refractivity contribution in [3.8, 4) is 0 Å². The van der Waals surface area contributed by atoms with Crippen LogP contribution in [0, 0.1) is 0 Å². The van der Waals surface area contributed by atoms with Gasteiger partial charge in [-0.2, -0.15) is 0 Å². The maximum Gasteiger partial charge on any atom is 0.237 e. The molecule has 0 N–H and O–H groups in total. The van der Waals surface area contributed by atoms with Gasteiger partial charge in [-0.25, -0.2) is 0 Å². The summed E-state index contributed by atoms with van der Waals surface area (Å²) in [6, 6.07) is 17.5. The summed E-state index contributed by atoms with van der Waals surface area (Å²) in [4.78, 5) is 17.0. The minimum absolute atomic E-state index is 0.247. The van der Waals surface area contributed by atoms with Crippen molar-refractivity contribution in [1.82, 2.24) is 9.80 Å². The lowest BCUT2D eigenvalue weighted by atomic mass is 10.00. The second-order valence-electron chi connectivity index (χ2n) is 7.00. The Morgan fingerprint density at radius 2 is 1.75 bits per heavy atom. The third-order valence-electron chi connectivity index (χ3n) is 5.50. The Kier molecular flexibility index (Phi) is 4.11. The van der Waals surface area contributed by atoms with Crippen molar-refractivity contribution in [3.63, 3.8) is 0 Å². The molecule has 0 unspecified atom stereocenters. The molecular weight excluding hydrogens is 296 g/mol. The number of hydrogen-bond donors (Lipinski definition) is 0. The average Bonchev–Trinajstić information content (AvgIpc) is 3.05. The largest absolute Gasteiger partial charge is 0.337 e. The van der Waals surface area contributed by atoms with Gasteiger partial charge in [0, 0.05) is 19.1 Å². The first-order valence-corrected chi connectivity index (χ1v) is 8.85. The molecule has 1 amide bonds. The first-order chi connectivity index (χ1) is 11.7. The molecule has 0 saturated carbocycles. The average molecular weight is 320 g/mol. The van der Waals surface area contributed by atoms with Gasteiger partial charge in [0.1, 0.15) is 0 Å². The van der Waals surface area contributed by atoms with E-state index in [9.17, 15) is 4.79 Å². The highest BCUT2D eigenvalue weighted by atomic mass is 16.2. The molecule has 2 aromatic carbocycles. The van der Waals surface area contributed by atoms with Crippen molar-refractivity contribution < 1.29 is 4.79 Å². The molecule has 3 heteroatoms. The highest BCUT2D eigenvalue weighted by molar-refractivity contribution is 5.78. The Balaban J connectivity index is 1.42. The monoisotopic (exact) mass is 320 g/mol. The van der Waals surface area contributed by atoms with E-state index in [1.54, 1.807) is 0 Å². The third-order valence-corrected chi connectivity index (χ3v) is 5.50. The molecule has 4 rings (SSSR count). The normalized spacial score (nSPS) is 19.2. The second-order valence-corrected chi connectivity index (χ2v) is 7.00. The maximum atomic E-state index is 12.8. The molecule has 24 heavy (non-hydrogen) atoms. The summed E-state index contributed by atoms with van der Waals surface area (Å²) in [5.74, 6) is 0.247. The molecule has 0 fully saturated rings. The number of fused-ring (bicyclic) bond motifs is 2. The van der Waals surface area contributed by atoms with E-state index in [1.165, 1.54) is 22.3 Å². The molecule has 1 aliphatic carbocycles. The molecule has 124 valence electrons. The second kappa shape index (κ2) is 6.40. The fourth-order valence-corrected chi connectivity index (χ4v) is 4.12. The number of amides is 1. The van der Waals surface area contributed by atoms with E-state index in [-0.39, 0.29) is 5.91 Å². The van der Waals surface area contributed by atoms with Crippen molar-refractivity contribution in [1.29, 1.82) is 0 Å². The molecule has 0 spiro atoms. The number of benzene rings is 2. The van der Waals surface area contributed by atoms with Gasteiger partial charge in [-0.05, 0) is 48.6 Å². The predicted molar refractivity (Wildman–Crippen MR) is 95.7 cm³/mol. The molecule has 2 aromatic rings. The van der Waals surface area contributed by atoms with Crippen LogP contribution in [0.4, 0.5) is 0 Å². The number of carbonyl (C=O) groups excluding carboxylic acids is 1. The molecular formula is C21H24N2O. The van der Waals surface area contributed by atoms with Gasteiger partial charge in [-0.3, -0.25) is 9.69 Å². The fraction of sp³-hybridized carbons (Fsp3) is 0.381. The van der Waals surface area contributed by atoms with Crippen LogP contribution in [0.2, 0.25) is 0 Å². The van der Waals surface area contributed by atoms with Gasteiger partial charge >= 0.3 is 0 Å². The summed E-state index contributed by atoms with van der Waals surface area (Å²) < 4.78 is 0. The van der Waals surface area contributed by atoms with Crippen molar-refractivity contribution in [3.05, 3.63) is 70.8 Å². The number of carbonyl (C=O) groups is 1. The van der Waals surface area contributed by atoms with Crippen LogP contribution in [0.25, 0.3) is 0 Å². The first-order valence-electron chi connectivity index (χ1n) is 8.85. The van der Waals surface area contributed by atoms with E-state index in [0.29, 0.717) is 12.6 Å². The van der Waals surface area contributed by atoms with E-state index in [2.05, 4.69) is 60.5 Å². The fourth-order valence-electron chi connectivity index (χ4n) is 4.12. The minimum Gasteiger partial charge on any atom is -0.337 e. The molecule has 1 atom stereocenters. The van der Waals surface area contributed by atoms with E-state index < -0.39 is 0 Å². The number of rotatable bonds is 3. The van der Waals surface area contributed by atoms with Crippen LogP contribution >= 0.6 is 0 Å². The molecule has 1 aliphatic heterocycles. The Labute approximate surface area is 143 Å². The summed E-state index contributed by atoms with van der Waals surface area (Å²) in [6.45, 7) is 2.09. The molecule has 0 bridgehead atoms. The van der Waals surface area contributed by atoms with Crippen LogP contribution < -0.4 is 0 Å². The van der Waals surface area contributed by atoms with Gasteiger partial charge in [-0.15, -0.1) is 0 Å². The predicted octanol–water partition coefficient (Wildman–Crippen LogP) is 3.19. The van der Waals surface area contributed by atoms with E-state index in [4.69, 9.17) is 0 Å². The van der Waals surface area contributed by atoms with Crippen molar-refractivity contribution in [2.75, 3.05) is 20.1 Å². The maximum absolute atomic E-state index is 12.8. The number of aryl methyl sites for hydroxylation is 1. The van der Waals surface area contributed by atoms with Crippen LogP contribution in [0.1, 0.15) is 34.7 Å². The van der Waals surface area contributed by atoms with Gasteiger partial charge in [0.15, 0.2) is 0 Å². The van der Waals surface area contributed by atoms with E-state index in [0.717, 1.165) is 32.4 Å². The van der Waals surface area contributed by atoms with Crippen LogP contribution in [0.3, 0.4) is 0 Å². The van der Waals surface area contributed by atoms with Crippen LogP contribution in [0.15, 0.2) is 48.5 Å². The molecule has 1 heterocycles. The first kappa shape index (κ1) is 15.4. The zero-order chi connectivity index (χ0) is 16.5. The van der Waals surface area contributed by atoms with Crippen LogP contribution in [-0.2, 0) is 24.2 Å². The SMILES string of the molecule is CN(CC(=O)N1CCc2ccccc2C1)[C@H]1CCc2ccccc21. The Morgan fingerprint density at radius 1 is 1.04 bits per heavy atom. The number of nitrogens with zero attached hydrogens (tertiary/aromatic N) is 2. The Bertz CT molecular complexity index is 755. The molecule has 0 aromatic heterocycles. The minimum atomic E-state index is 0.247. The molecule has 0 saturated heterocycles. The van der Waals surface area contributed by atoms with Crippen LogP contribution in [-0.4, -0.2) is 35.8 Å². The molecule has 2 aliphatic rings. The lowest BCUT2D eigenvalue weighted by molar-refractivity contribution is -0.133. The zero-order valence-electron chi connectivity index (χ0n) is 14.2. The van der Waals surface area contributed by atoms with Crippen molar-refractivity contribution in [2.24, 2.45) is 0 Å². The van der Waals surface area contributed by atoms with Gasteiger partial charge in [0.2, 0.25) is 5.91 Å².